The molecule has 0 aliphatic carbocycles. The van der Waals surface area contributed by atoms with Crippen molar-refractivity contribution < 1.29 is 35.7 Å². The van der Waals surface area contributed by atoms with Gasteiger partial charge < -0.3 is 35.7 Å². The lowest BCUT2D eigenvalue weighted by Crippen LogP contribution is -2.35. The molecule has 0 aliphatic heterocycles. The minimum absolute atomic E-state index is 0.0572. The first-order chi connectivity index (χ1) is 9.90. The van der Waals surface area contributed by atoms with Gasteiger partial charge in [-0.05, 0) is 0 Å². The summed E-state index contributed by atoms with van der Waals surface area (Å²) in [5.41, 5.74) is 0.162. The van der Waals surface area contributed by atoms with Crippen molar-refractivity contribution in [3.05, 3.63) is 23.8 Å². The van der Waals surface area contributed by atoms with Gasteiger partial charge in [0.05, 0.1) is 36.9 Å². The molecule has 0 bridgehead atoms. The fraction of sp³-hybridized carbons (Fsp3) is 0.667. The highest BCUT2D eigenvalue weighted by molar-refractivity contribution is 5.09. The maximum absolute atomic E-state index is 9.83. The zero-order chi connectivity index (χ0) is 16.0. The van der Waals surface area contributed by atoms with Crippen molar-refractivity contribution in [1.29, 1.82) is 0 Å². The second-order valence-corrected chi connectivity index (χ2v) is 4.64. The molecule has 5 atom stereocenters. The first kappa shape index (κ1) is 17.9. The number of aliphatic hydroxyl groups is 7. The molecule has 0 fully saturated rings. The molecule has 0 saturated carbocycles. The molecule has 0 amide bonds. The predicted molar refractivity (Wildman–Crippen MR) is 68.9 cm³/mol. The van der Waals surface area contributed by atoms with Crippen molar-refractivity contribution in [1.82, 2.24) is 9.97 Å². The molecule has 0 aromatic carbocycles. The SMILES string of the molecule is OC[C@@H](O)[C@H](O)[C@@H](O)c1cncc(C[C@@H](O)[C@H](O)CO)n1. The Hall–Kier alpha value is -1.20. The molecule has 0 radical (unpaired) electrons. The molecule has 9 nitrogen and oxygen atoms in total. The second-order valence-electron chi connectivity index (χ2n) is 4.64. The highest BCUT2D eigenvalue weighted by atomic mass is 16.4. The lowest BCUT2D eigenvalue weighted by atomic mass is 10.1. The molecule has 7 N–H and O–H groups in total. The Morgan fingerprint density at radius 2 is 1.48 bits per heavy atom. The van der Waals surface area contributed by atoms with Gasteiger partial charge in [-0.1, -0.05) is 0 Å². The molecule has 0 saturated heterocycles. The van der Waals surface area contributed by atoms with Crippen LogP contribution in [0.4, 0.5) is 0 Å². The summed E-state index contributed by atoms with van der Waals surface area (Å²) in [7, 11) is 0. The Balaban J connectivity index is 2.80. The molecule has 120 valence electrons. The minimum atomic E-state index is -1.65. The van der Waals surface area contributed by atoms with Crippen LogP contribution in [0.2, 0.25) is 0 Å². The van der Waals surface area contributed by atoms with Crippen LogP contribution in [0.3, 0.4) is 0 Å². The van der Waals surface area contributed by atoms with E-state index in [2.05, 4.69) is 9.97 Å². The van der Waals surface area contributed by atoms with Crippen molar-refractivity contribution in [3.8, 4) is 0 Å². The Labute approximate surface area is 120 Å². The molecule has 1 aromatic heterocycles. The van der Waals surface area contributed by atoms with Crippen LogP contribution in [-0.2, 0) is 6.42 Å². The maximum Gasteiger partial charge on any atom is 0.126 e. The highest BCUT2D eigenvalue weighted by Crippen LogP contribution is 2.17. The molecular weight excluding hydrogens is 284 g/mol. The highest BCUT2D eigenvalue weighted by Gasteiger charge is 2.27. The summed E-state index contributed by atoms with van der Waals surface area (Å²) >= 11 is 0. The van der Waals surface area contributed by atoms with E-state index < -0.39 is 43.7 Å². The molecule has 1 heterocycles. The smallest absolute Gasteiger partial charge is 0.126 e. The van der Waals surface area contributed by atoms with E-state index in [0.717, 1.165) is 6.20 Å². The van der Waals surface area contributed by atoms with Crippen LogP contribution in [0.5, 0.6) is 0 Å². The van der Waals surface area contributed by atoms with E-state index >= 15 is 0 Å². The van der Waals surface area contributed by atoms with Crippen molar-refractivity contribution in [3.63, 3.8) is 0 Å². The van der Waals surface area contributed by atoms with Crippen LogP contribution >= 0.6 is 0 Å². The van der Waals surface area contributed by atoms with E-state index in [1.807, 2.05) is 0 Å². The third kappa shape index (κ3) is 4.93. The summed E-state index contributed by atoms with van der Waals surface area (Å²) in [6.45, 7) is -1.34. The number of hydrogen-bond acceptors (Lipinski definition) is 9. The van der Waals surface area contributed by atoms with Gasteiger partial charge in [0.15, 0.2) is 0 Å². The fourth-order valence-corrected chi connectivity index (χ4v) is 1.63. The van der Waals surface area contributed by atoms with E-state index in [1.165, 1.54) is 6.20 Å². The van der Waals surface area contributed by atoms with Gasteiger partial charge >= 0.3 is 0 Å². The third-order valence-corrected chi connectivity index (χ3v) is 2.96. The first-order valence-corrected chi connectivity index (χ1v) is 6.33. The van der Waals surface area contributed by atoms with Gasteiger partial charge in [-0.25, -0.2) is 0 Å². The van der Waals surface area contributed by atoms with E-state index in [4.69, 9.17) is 10.2 Å². The van der Waals surface area contributed by atoms with Crippen LogP contribution in [-0.4, -0.2) is 83.3 Å². The molecule has 0 aliphatic rings. The summed E-state index contributed by atoms with van der Waals surface area (Å²) in [5.74, 6) is 0. The zero-order valence-electron chi connectivity index (χ0n) is 11.2. The second kappa shape index (κ2) is 8.29. The van der Waals surface area contributed by atoms with Gasteiger partial charge in [0.25, 0.3) is 0 Å². The Kier molecular flexibility index (Phi) is 7.05. The summed E-state index contributed by atoms with van der Waals surface area (Å²) in [6, 6.07) is 0. The molecule has 0 unspecified atom stereocenters. The van der Waals surface area contributed by atoms with Gasteiger partial charge in [-0.15, -0.1) is 0 Å². The summed E-state index contributed by atoms with van der Waals surface area (Å²) in [6.07, 6.45) is -5.01. The average Bonchev–Trinajstić information content (AvgIpc) is 2.51. The number of hydrogen-bond donors (Lipinski definition) is 7. The van der Waals surface area contributed by atoms with E-state index in [9.17, 15) is 25.5 Å². The number of aromatic nitrogens is 2. The van der Waals surface area contributed by atoms with Gasteiger partial charge in [0, 0.05) is 12.6 Å². The molecule has 1 rings (SSSR count). The van der Waals surface area contributed by atoms with Gasteiger partial charge in [0.2, 0.25) is 0 Å². The lowest BCUT2D eigenvalue weighted by Gasteiger charge is -2.21. The maximum atomic E-state index is 9.83. The first-order valence-electron chi connectivity index (χ1n) is 6.33. The molecule has 21 heavy (non-hydrogen) atoms. The zero-order valence-corrected chi connectivity index (χ0v) is 11.2. The Bertz CT molecular complexity index is 434. The normalized spacial score (nSPS) is 18.8. The average molecular weight is 304 g/mol. The molecular formula is C12H20N2O7. The molecule has 9 heteroatoms. The minimum Gasteiger partial charge on any atom is -0.394 e. The Morgan fingerprint density at radius 3 is 2.05 bits per heavy atom. The molecule has 1 aromatic rings. The van der Waals surface area contributed by atoms with Gasteiger partial charge in [-0.2, -0.15) is 0 Å². The predicted octanol–water partition coefficient (Wildman–Crippen LogP) is -3.52. The van der Waals surface area contributed by atoms with Gasteiger partial charge in [-0.3, -0.25) is 9.97 Å². The monoisotopic (exact) mass is 304 g/mol. The quantitative estimate of drug-likeness (QED) is 0.257. The lowest BCUT2D eigenvalue weighted by molar-refractivity contribution is -0.0791. The van der Waals surface area contributed by atoms with Crippen molar-refractivity contribution >= 4 is 0 Å². The Morgan fingerprint density at radius 1 is 0.857 bits per heavy atom. The fourth-order valence-electron chi connectivity index (χ4n) is 1.63. The molecule has 0 spiro atoms. The summed E-state index contributed by atoms with van der Waals surface area (Å²) < 4.78 is 0. The number of aliphatic hydroxyl groups excluding tert-OH is 7. The van der Waals surface area contributed by atoms with Crippen LogP contribution in [0, 0.1) is 0 Å². The van der Waals surface area contributed by atoms with E-state index in [-0.39, 0.29) is 17.8 Å². The largest absolute Gasteiger partial charge is 0.394 e. The van der Waals surface area contributed by atoms with E-state index in [1.54, 1.807) is 0 Å². The van der Waals surface area contributed by atoms with Crippen LogP contribution in [0.1, 0.15) is 17.5 Å². The summed E-state index contributed by atoms with van der Waals surface area (Å²) in [4.78, 5) is 7.73. The standard InChI is InChI=1S/C12H20N2O7/c15-4-9(18)8(17)1-6-2-13-3-7(14-6)11(20)12(21)10(19)5-16/h2-3,8-12,15-21H,1,4-5H2/t8-,9-,10-,11+,12+/m1/s1. The van der Waals surface area contributed by atoms with Crippen molar-refractivity contribution in [2.75, 3.05) is 13.2 Å². The number of nitrogens with zero attached hydrogens (tertiary/aromatic N) is 2. The van der Waals surface area contributed by atoms with Gasteiger partial charge in [0.1, 0.15) is 24.4 Å². The third-order valence-electron chi connectivity index (χ3n) is 2.96. The van der Waals surface area contributed by atoms with E-state index in [0.29, 0.717) is 0 Å². The topological polar surface area (TPSA) is 167 Å². The van der Waals surface area contributed by atoms with Crippen LogP contribution < -0.4 is 0 Å². The van der Waals surface area contributed by atoms with Crippen molar-refractivity contribution in [2.24, 2.45) is 0 Å². The number of rotatable bonds is 8. The van der Waals surface area contributed by atoms with Crippen molar-refractivity contribution in [2.45, 2.75) is 36.9 Å². The van der Waals surface area contributed by atoms with Crippen LogP contribution in [0.25, 0.3) is 0 Å². The summed E-state index contributed by atoms with van der Waals surface area (Å²) in [5, 5.41) is 65.0. The van der Waals surface area contributed by atoms with Crippen LogP contribution in [0.15, 0.2) is 12.4 Å².